The van der Waals surface area contributed by atoms with Gasteiger partial charge in [0.1, 0.15) is 12.1 Å². The van der Waals surface area contributed by atoms with Crippen molar-refractivity contribution in [2.75, 3.05) is 12.8 Å². The average molecular weight is 272 g/mol. The molecule has 1 aliphatic rings. The molecule has 0 spiro atoms. The van der Waals surface area contributed by atoms with E-state index >= 15 is 0 Å². The van der Waals surface area contributed by atoms with Gasteiger partial charge in [0.05, 0.1) is 0 Å². The lowest BCUT2D eigenvalue weighted by Crippen LogP contribution is -2.64. The molecular weight excluding hydrogens is 248 g/mol. The van der Waals surface area contributed by atoms with Crippen LogP contribution in [0.4, 0.5) is 0 Å². The number of hydrogen-bond acceptors (Lipinski definition) is 3. The number of carbonyl (C=O) groups excluding carboxylic acids is 2. The van der Waals surface area contributed by atoms with Crippen LogP contribution in [0.1, 0.15) is 34.1 Å². The maximum absolute atomic E-state index is 12.4. The van der Waals surface area contributed by atoms with Gasteiger partial charge in [0.15, 0.2) is 0 Å². The first kappa shape index (κ1) is 15.3. The average Bonchev–Trinajstić information content (AvgIpc) is 2.37. The first-order valence-corrected chi connectivity index (χ1v) is 7.84. The molecule has 0 aromatic heterocycles. The van der Waals surface area contributed by atoms with Crippen molar-refractivity contribution in [3.63, 3.8) is 0 Å². The van der Waals surface area contributed by atoms with E-state index in [1.165, 1.54) is 0 Å². The second-order valence-electron chi connectivity index (χ2n) is 5.08. The maximum atomic E-state index is 12.4. The van der Waals surface area contributed by atoms with Crippen LogP contribution in [-0.4, -0.2) is 46.8 Å². The van der Waals surface area contributed by atoms with Crippen LogP contribution in [0.2, 0.25) is 0 Å². The van der Waals surface area contributed by atoms with E-state index in [-0.39, 0.29) is 29.8 Å². The Morgan fingerprint density at radius 2 is 2.00 bits per heavy atom. The molecule has 4 atom stereocenters. The number of nitrogens with one attached hydrogen (secondary N) is 1. The molecule has 4 nitrogen and oxygen atoms in total. The predicted molar refractivity (Wildman–Crippen MR) is 75.5 cm³/mol. The largest absolute Gasteiger partial charge is 0.342 e. The summed E-state index contributed by atoms with van der Waals surface area (Å²) in [5.74, 6) is 0.214. The van der Waals surface area contributed by atoms with Crippen molar-refractivity contribution in [3.8, 4) is 0 Å². The monoisotopic (exact) mass is 272 g/mol. The standard InChI is InChI=1S/C13H24N2O2S/c1-6-8(2)11-13(17)15(7-9(3)18-5)10(4)12(16)14-11/h8-11H,6-7H2,1-5H3,(H,14,16). The van der Waals surface area contributed by atoms with Gasteiger partial charge in [-0.25, -0.2) is 0 Å². The van der Waals surface area contributed by atoms with Crippen molar-refractivity contribution >= 4 is 23.6 Å². The van der Waals surface area contributed by atoms with Gasteiger partial charge in [-0.1, -0.05) is 27.2 Å². The van der Waals surface area contributed by atoms with E-state index < -0.39 is 0 Å². The number of nitrogens with zero attached hydrogens (tertiary/aromatic N) is 1. The highest BCUT2D eigenvalue weighted by molar-refractivity contribution is 7.99. The third-order valence-electron chi connectivity index (χ3n) is 3.76. The number of thioether (sulfide) groups is 1. The quantitative estimate of drug-likeness (QED) is 0.825. The normalized spacial score (nSPS) is 27.9. The van der Waals surface area contributed by atoms with Crippen LogP contribution in [0.25, 0.3) is 0 Å². The number of piperazine rings is 1. The summed E-state index contributed by atoms with van der Waals surface area (Å²) in [5, 5.41) is 3.20. The lowest BCUT2D eigenvalue weighted by atomic mass is 9.94. The van der Waals surface area contributed by atoms with Gasteiger partial charge in [-0.2, -0.15) is 11.8 Å². The molecule has 0 saturated carbocycles. The van der Waals surface area contributed by atoms with Gasteiger partial charge in [-0.05, 0) is 19.1 Å². The Morgan fingerprint density at radius 1 is 1.39 bits per heavy atom. The van der Waals surface area contributed by atoms with Crippen LogP contribution < -0.4 is 5.32 Å². The topological polar surface area (TPSA) is 49.4 Å². The third-order valence-corrected chi connectivity index (χ3v) is 4.72. The molecule has 0 aromatic carbocycles. The first-order chi connectivity index (χ1) is 8.42. The molecule has 0 bridgehead atoms. The van der Waals surface area contributed by atoms with Gasteiger partial charge in [-0.15, -0.1) is 0 Å². The van der Waals surface area contributed by atoms with E-state index in [0.717, 1.165) is 6.42 Å². The zero-order valence-corrected chi connectivity index (χ0v) is 12.7. The van der Waals surface area contributed by atoms with E-state index in [2.05, 4.69) is 12.2 Å². The molecule has 1 aliphatic heterocycles. The van der Waals surface area contributed by atoms with Crippen molar-refractivity contribution in [3.05, 3.63) is 0 Å². The molecule has 18 heavy (non-hydrogen) atoms. The molecule has 1 rings (SSSR count). The fourth-order valence-corrected chi connectivity index (χ4v) is 2.38. The summed E-state index contributed by atoms with van der Waals surface area (Å²) in [4.78, 5) is 26.1. The summed E-state index contributed by atoms with van der Waals surface area (Å²) in [6.45, 7) is 8.57. The Morgan fingerprint density at radius 3 is 2.50 bits per heavy atom. The Labute approximate surface area is 114 Å². The molecule has 1 heterocycles. The fourth-order valence-electron chi connectivity index (χ4n) is 2.07. The summed E-state index contributed by atoms with van der Waals surface area (Å²) in [6, 6.07) is -0.708. The van der Waals surface area contributed by atoms with Gasteiger partial charge >= 0.3 is 0 Å². The lowest BCUT2D eigenvalue weighted by molar-refractivity contribution is -0.150. The van der Waals surface area contributed by atoms with Gasteiger partial charge in [-0.3, -0.25) is 9.59 Å². The highest BCUT2D eigenvalue weighted by Crippen LogP contribution is 2.19. The minimum absolute atomic E-state index is 0.0341. The number of hydrogen-bond donors (Lipinski definition) is 1. The molecule has 2 amide bonds. The van der Waals surface area contributed by atoms with Crippen molar-refractivity contribution in [2.45, 2.75) is 51.4 Å². The van der Waals surface area contributed by atoms with Crippen LogP contribution in [0.5, 0.6) is 0 Å². The molecule has 0 aliphatic carbocycles. The Bertz CT molecular complexity index is 322. The molecule has 1 saturated heterocycles. The second kappa shape index (κ2) is 6.45. The Hall–Kier alpha value is -0.710. The molecule has 5 heteroatoms. The Balaban J connectivity index is 2.85. The maximum Gasteiger partial charge on any atom is 0.246 e. The minimum Gasteiger partial charge on any atom is -0.342 e. The second-order valence-corrected chi connectivity index (χ2v) is 6.36. The molecule has 0 aromatic rings. The van der Waals surface area contributed by atoms with E-state index in [1.807, 2.05) is 20.1 Å². The zero-order chi connectivity index (χ0) is 13.9. The van der Waals surface area contributed by atoms with Gasteiger partial charge in [0.25, 0.3) is 0 Å². The Kier molecular flexibility index (Phi) is 5.50. The molecule has 4 unspecified atom stereocenters. The molecule has 1 fully saturated rings. The molecule has 0 radical (unpaired) electrons. The summed E-state index contributed by atoms with van der Waals surface area (Å²) < 4.78 is 0. The summed E-state index contributed by atoms with van der Waals surface area (Å²) in [5.41, 5.74) is 0. The number of amides is 2. The first-order valence-electron chi connectivity index (χ1n) is 6.56. The molecule has 104 valence electrons. The van der Waals surface area contributed by atoms with Crippen molar-refractivity contribution < 1.29 is 9.59 Å². The van der Waals surface area contributed by atoms with E-state index in [1.54, 1.807) is 23.6 Å². The van der Waals surface area contributed by atoms with Crippen LogP contribution in [-0.2, 0) is 9.59 Å². The molecule has 1 N–H and O–H groups in total. The van der Waals surface area contributed by atoms with Gasteiger partial charge in [0, 0.05) is 11.8 Å². The van der Waals surface area contributed by atoms with Crippen molar-refractivity contribution in [1.29, 1.82) is 0 Å². The summed E-state index contributed by atoms with van der Waals surface area (Å²) >= 11 is 1.71. The molecular formula is C13H24N2O2S. The highest BCUT2D eigenvalue weighted by Gasteiger charge is 2.40. The highest BCUT2D eigenvalue weighted by atomic mass is 32.2. The van der Waals surface area contributed by atoms with E-state index in [0.29, 0.717) is 11.8 Å². The third kappa shape index (κ3) is 3.19. The summed E-state index contributed by atoms with van der Waals surface area (Å²) in [7, 11) is 0. The number of carbonyl (C=O) groups is 2. The van der Waals surface area contributed by atoms with Gasteiger partial charge in [0.2, 0.25) is 11.8 Å². The van der Waals surface area contributed by atoms with Crippen molar-refractivity contribution in [2.24, 2.45) is 5.92 Å². The van der Waals surface area contributed by atoms with E-state index in [4.69, 9.17) is 0 Å². The fraction of sp³-hybridized carbons (Fsp3) is 0.846. The minimum atomic E-state index is -0.354. The summed E-state index contributed by atoms with van der Waals surface area (Å²) in [6.07, 6.45) is 2.91. The van der Waals surface area contributed by atoms with Crippen LogP contribution >= 0.6 is 11.8 Å². The van der Waals surface area contributed by atoms with Crippen molar-refractivity contribution in [1.82, 2.24) is 10.2 Å². The predicted octanol–water partition coefficient (Wildman–Crippen LogP) is 1.50. The van der Waals surface area contributed by atoms with Gasteiger partial charge < -0.3 is 10.2 Å². The van der Waals surface area contributed by atoms with Crippen LogP contribution in [0.3, 0.4) is 0 Å². The zero-order valence-electron chi connectivity index (χ0n) is 11.9. The lowest BCUT2D eigenvalue weighted by Gasteiger charge is -2.40. The van der Waals surface area contributed by atoms with E-state index in [9.17, 15) is 9.59 Å². The van der Waals surface area contributed by atoms with Crippen LogP contribution in [0.15, 0.2) is 0 Å². The smallest absolute Gasteiger partial charge is 0.246 e. The number of rotatable bonds is 5. The SMILES string of the molecule is CCC(C)C1NC(=O)C(C)N(CC(C)SC)C1=O. The van der Waals surface area contributed by atoms with Crippen LogP contribution in [0, 0.1) is 5.92 Å².